The van der Waals surface area contributed by atoms with Crippen molar-refractivity contribution in [2.45, 2.75) is 18.8 Å². The topological polar surface area (TPSA) is 29.1 Å². The number of carbonyl (C=O) groups excluding carboxylic acids is 1. The SMILES string of the molecule is CC1(c2cccc(F)c2F)CNC(=O)C1. The molecule has 1 aromatic carbocycles. The molecule has 0 aromatic heterocycles. The molecule has 0 spiro atoms. The Bertz CT molecular complexity index is 419. The van der Waals surface area contributed by atoms with E-state index in [1.54, 1.807) is 6.92 Å². The Kier molecular flexibility index (Phi) is 2.21. The quantitative estimate of drug-likeness (QED) is 0.753. The summed E-state index contributed by atoms with van der Waals surface area (Å²) in [6.45, 7) is 2.11. The van der Waals surface area contributed by atoms with Gasteiger partial charge in [-0.25, -0.2) is 8.78 Å². The smallest absolute Gasteiger partial charge is 0.220 e. The highest BCUT2D eigenvalue weighted by Gasteiger charge is 2.37. The van der Waals surface area contributed by atoms with Crippen LogP contribution in [0.3, 0.4) is 0 Å². The molecule has 1 aliphatic rings. The largest absolute Gasteiger partial charge is 0.355 e. The normalized spacial score (nSPS) is 25.4. The number of amides is 1. The van der Waals surface area contributed by atoms with Gasteiger partial charge in [0.2, 0.25) is 5.91 Å². The zero-order valence-electron chi connectivity index (χ0n) is 8.31. The van der Waals surface area contributed by atoms with Crippen LogP contribution in [-0.2, 0) is 10.2 Å². The van der Waals surface area contributed by atoms with Crippen LogP contribution in [0, 0.1) is 11.6 Å². The third-order valence-corrected chi connectivity index (χ3v) is 2.83. The molecule has 15 heavy (non-hydrogen) atoms. The number of carbonyl (C=O) groups is 1. The van der Waals surface area contributed by atoms with E-state index in [0.29, 0.717) is 6.54 Å². The minimum atomic E-state index is -0.868. The van der Waals surface area contributed by atoms with Crippen LogP contribution in [0.2, 0.25) is 0 Å². The molecule has 0 saturated carbocycles. The first kappa shape index (κ1) is 10.1. The minimum absolute atomic E-state index is 0.124. The second kappa shape index (κ2) is 3.29. The second-order valence-corrected chi connectivity index (χ2v) is 4.12. The van der Waals surface area contributed by atoms with E-state index in [1.807, 2.05) is 0 Å². The van der Waals surface area contributed by atoms with Gasteiger partial charge >= 0.3 is 0 Å². The van der Waals surface area contributed by atoms with E-state index < -0.39 is 17.0 Å². The predicted molar refractivity (Wildman–Crippen MR) is 51.3 cm³/mol. The van der Waals surface area contributed by atoms with Crippen molar-refractivity contribution in [3.05, 3.63) is 35.4 Å². The second-order valence-electron chi connectivity index (χ2n) is 4.12. The van der Waals surface area contributed by atoms with Gasteiger partial charge in [0.15, 0.2) is 11.6 Å². The van der Waals surface area contributed by atoms with Crippen molar-refractivity contribution in [2.24, 2.45) is 0 Å². The van der Waals surface area contributed by atoms with Crippen molar-refractivity contribution in [2.75, 3.05) is 6.54 Å². The van der Waals surface area contributed by atoms with Crippen LogP contribution < -0.4 is 5.32 Å². The Morgan fingerprint density at radius 3 is 2.73 bits per heavy atom. The van der Waals surface area contributed by atoms with Crippen molar-refractivity contribution < 1.29 is 13.6 Å². The summed E-state index contributed by atoms with van der Waals surface area (Å²) in [4.78, 5) is 11.1. The lowest BCUT2D eigenvalue weighted by molar-refractivity contribution is -0.119. The standard InChI is InChI=1S/C11H11F2NO/c1-11(5-9(15)14-6-11)7-3-2-4-8(12)10(7)13/h2-4H,5-6H2,1H3,(H,14,15). The van der Waals surface area contributed by atoms with Crippen LogP contribution in [-0.4, -0.2) is 12.5 Å². The average Bonchev–Trinajstić information content (AvgIpc) is 2.52. The van der Waals surface area contributed by atoms with E-state index in [9.17, 15) is 13.6 Å². The zero-order chi connectivity index (χ0) is 11.1. The van der Waals surface area contributed by atoms with Gasteiger partial charge in [-0.05, 0) is 11.6 Å². The Morgan fingerprint density at radius 2 is 2.13 bits per heavy atom. The van der Waals surface area contributed by atoms with Crippen molar-refractivity contribution in [1.29, 1.82) is 0 Å². The molecule has 1 heterocycles. The third-order valence-electron chi connectivity index (χ3n) is 2.83. The molecule has 1 fully saturated rings. The molecule has 1 aliphatic heterocycles. The zero-order valence-corrected chi connectivity index (χ0v) is 8.31. The van der Waals surface area contributed by atoms with E-state index in [2.05, 4.69) is 5.32 Å². The summed E-state index contributed by atoms with van der Waals surface area (Å²) >= 11 is 0. The summed E-state index contributed by atoms with van der Waals surface area (Å²) in [5, 5.41) is 2.63. The molecule has 0 radical (unpaired) electrons. The Hall–Kier alpha value is -1.45. The summed E-state index contributed by atoms with van der Waals surface area (Å²) in [5.41, 5.74) is -0.371. The van der Waals surface area contributed by atoms with Gasteiger partial charge in [-0.1, -0.05) is 19.1 Å². The van der Waals surface area contributed by atoms with E-state index in [0.717, 1.165) is 6.07 Å². The van der Waals surface area contributed by atoms with Crippen LogP contribution in [0.15, 0.2) is 18.2 Å². The molecule has 4 heteroatoms. The van der Waals surface area contributed by atoms with Crippen molar-refractivity contribution in [3.63, 3.8) is 0 Å². The van der Waals surface area contributed by atoms with Crippen LogP contribution in [0.25, 0.3) is 0 Å². The first-order chi connectivity index (χ1) is 7.03. The molecule has 1 amide bonds. The summed E-state index contributed by atoms with van der Waals surface area (Å²) in [7, 11) is 0. The van der Waals surface area contributed by atoms with Crippen molar-refractivity contribution >= 4 is 5.91 Å². The summed E-state index contributed by atoms with van der Waals surface area (Å²) < 4.78 is 26.5. The molecule has 1 unspecified atom stereocenters. The lowest BCUT2D eigenvalue weighted by Crippen LogP contribution is -2.26. The molecule has 1 atom stereocenters. The fraction of sp³-hybridized carbons (Fsp3) is 0.364. The van der Waals surface area contributed by atoms with Crippen molar-refractivity contribution in [3.8, 4) is 0 Å². The fourth-order valence-electron chi connectivity index (χ4n) is 1.93. The molecule has 2 nitrogen and oxygen atoms in total. The lowest BCUT2D eigenvalue weighted by atomic mass is 9.81. The summed E-state index contributed by atoms with van der Waals surface area (Å²) in [6.07, 6.45) is 0.202. The lowest BCUT2D eigenvalue weighted by Gasteiger charge is -2.22. The highest BCUT2D eigenvalue weighted by molar-refractivity contribution is 5.80. The van der Waals surface area contributed by atoms with E-state index in [-0.39, 0.29) is 17.9 Å². The van der Waals surface area contributed by atoms with Crippen molar-refractivity contribution in [1.82, 2.24) is 5.32 Å². The molecule has 0 bridgehead atoms. The van der Waals surface area contributed by atoms with Gasteiger partial charge in [0.1, 0.15) is 0 Å². The van der Waals surface area contributed by atoms with Crippen LogP contribution in [0.1, 0.15) is 18.9 Å². The predicted octanol–water partition coefficient (Wildman–Crippen LogP) is 1.74. The van der Waals surface area contributed by atoms with Crippen LogP contribution in [0.5, 0.6) is 0 Å². The first-order valence-corrected chi connectivity index (χ1v) is 4.74. The molecule has 1 N–H and O–H groups in total. The monoisotopic (exact) mass is 211 g/mol. The molecular formula is C11H11F2NO. The van der Waals surface area contributed by atoms with E-state index in [1.165, 1.54) is 12.1 Å². The highest BCUT2D eigenvalue weighted by Crippen LogP contribution is 2.32. The first-order valence-electron chi connectivity index (χ1n) is 4.74. The Balaban J connectivity index is 2.45. The summed E-state index contributed by atoms with van der Waals surface area (Å²) in [6, 6.07) is 4.06. The Morgan fingerprint density at radius 1 is 1.40 bits per heavy atom. The maximum absolute atomic E-state index is 13.5. The highest BCUT2D eigenvalue weighted by atomic mass is 19.2. The van der Waals surface area contributed by atoms with Gasteiger partial charge in [0.25, 0.3) is 0 Å². The number of rotatable bonds is 1. The molecule has 80 valence electrons. The minimum Gasteiger partial charge on any atom is -0.355 e. The number of hydrogen-bond acceptors (Lipinski definition) is 1. The van der Waals surface area contributed by atoms with Gasteiger partial charge in [-0.3, -0.25) is 4.79 Å². The Labute approximate surface area is 86.3 Å². The molecule has 2 rings (SSSR count). The average molecular weight is 211 g/mol. The number of halogens is 2. The van der Waals surface area contributed by atoms with Gasteiger partial charge < -0.3 is 5.32 Å². The van der Waals surface area contributed by atoms with Gasteiger partial charge in [-0.2, -0.15) is 0 Å². The number of nitrogens with one attached hydrogen (secondary N) is 1. The van der Waals surface area contributed by atoms with Crippen LogP contribution in [0.4, 0.5) is 8.78 Å². The van der Waals surface area contributed by atoms with E-state index in [4.69, 9.17) is 0 Å². The molecule has 0 aliphatic carbocycles. The van der Waals surface area contributed by atoms with Crippen LogP contribution >= 0.6 is 0 Å². The number of hydrogen-bond donors (Lipinski definition) is 1. The summed E-state index contributed by atoms with van der Waals surface area (Å²) in [5.74, 6) is -1.84. The fourth-order valence-corrected chi connectivity index (χ4v) is 1.93. The van der Waals surface area contributed by atoms with Gasteiger partial charge in [0, 0.05) is 18.4 Å². The van der Waals surface area contributed by atoms with Gasteiger partial charge in [-0.15, -0.1) is 0 Å². The molecule has 1 aromatic rings. The maximum Gasteiger partial charge on any atom is 0.220 e. The third kappa shape index (κ3) is 1.60. The molecular weight excluding hydrogens is 200 g/mol. The molecule has 1 saturated heterocycles. The van der Waals surface area contributed by atoms with E-state index >= 15 is 0 Å². The number of benzene rings is 1. The maximum atomic E-state index is 13.5. The van der Waals surface area contributed by atoms with Gasteiger partial charge in [0.05, 0.1) is 0 Å².